The molecule has 1 spiro atoms. The first kappa shape index (κ1) is 11.8. The van der Waals surface area contributed by atoms with E-state index < -0.39 is 10.7 Å². The minimum Gasteiger partial charge on any atom is -0.486 e. The van der Waals surface area contributed by atoms with E-state index in [1.165, 1.54) is 23.9 Å². The zero-order valence-corrected chi connectivity index (χ0v) is 10.3. The van der Waals surface area contributed by atoms with Crippen LogP contribution in [-0.2, 0) is 9.47 Å². The number of ether oxygens (including phenoxy) is 3. The fourth-order valence-corrected chi connectivity index (χ4v) is 2.97. The Morgan fingerprint density at radius 2 is 2.11 bits per heavy atom. The normalized spacial score (nSPS) is 21.1. The molecule has 7 heteroatoms. The number of benzene rings is 1. The molecule has 0 aliphatic carbocycles. The molecular weight excluding hydrogens is 258 g/mol. The molecule has 1 saturated heterocycles. The first-order chi connectivity index (χ1) is 8.69. The van der Waals surface area contributed by atoms with Gasteiger partial charge in [-0.1, -0.05) is 0 Å². The Hall–Kier alpha value is -1.31. The van der Waals surface area contributed by atoms with E-state index in [1.54, 1.807) is 6.07 Å². The Morgan fingerprint density at radius 1 is 1.33 bits per heavy atom. The summed E-state index contributed by atoms with van der Waals surface area (Å²) in [6.07, 6.45) is 0. The van der Waals surface area contributed by atoms with Crippen molar-refractivity contribution < 1.29 is 19.1 Å². The summed E-state index contributed by atoms with van der Waals surface area (Å²) in [7, 11) is 0. The number of nitro groups is 1. The molecule has 6 nitrogen and oxygen atoms in total. The number of nitro benzene ring substituents is 1. The van der Waals surface area contributed by atoms with E-state index in [0.29, 0.717) is 24.7 Å². The molecule has 1 aromatic carbocycles. The maximum atomic E-state index is 10.7. The lowest BCUT2D eigenvalue weighted by Crippen LogP contribution is -2.39. The van der Waals surface area contributed by atoms with Crippen LogP contribution in [0, 0.1) is 10.1 Å². The van der Waals surface area contributed by atoms with Gasteiger partial charge in [0.2, 0.25) is 5.79 Å². The molecular formula is C11H11NO5S. The lowest BCUT2D eigenvalue weighted by atomic mass is 10.3. The molecule has 0 atom stereocenters. The van der Waals surface area contributed by atoms with Gasteiger partial charge in [0.05, 0.1) is 34.9 Å². The molecule has 1 fully saturated rings. The third-order valence-corrected chi connectivity index (χ3v) is 4.08. The molecule has 0 N–H and O–H groups in total. The van der Waals surface area contributed by atoms with Gasteiger partial charge in [0.1, 0.15) is 12.4 Å². The monoisotopic (exact) mass is 269 g/mol. The summed E-state index contributed by atoms with van der Waals surface area (Å²) < 4.78 is 16.7. The fourth-order valence-electron chi connectivity index (χ4n) is 1.92. The lowest BCUT2D eigenvalue weighted by Gasteiger charge is -2.23. The Labute approximate surface area is 107 Å². The lowest BCUT2D eigenvalue weighted by molar-refractivity contribution is -0.385. The van der Waals surface area contributed by atoms with Crippen LogP contribution in [0.4, 0.5) is 5.69 Å². The number of nitrogens with zero attached hydrogens (tertiary/aromatic N) is 1. The Morgan fingerprint density at radius 3 is 2.83 bits per heavy atom. The van der Waals surface area contributed by atoms with E-state index in [0.717, 1.165) is 4.90 Å². The Balaban J connectivity index is 1.87. The summed E-state index contributed by atoms with van der Waals surface area (Å²) >= 11 is 1.53. The predicted molar refractivity (Wildman–Crippen MR) is 64.0 cm³/mol. The minimum absolute atomic E-state index is 0.0264. The predicted octanol–water partition coefficient (Wildman–Crippen LogP) is 1.82. The topological polar surface area (TPSA) is 70.8 Å². The van der Waals surface area contributed by atoms with Gasteiger partial charge in [-0.2, -0.15) is 0 Å². The second kappa shape index (κ2) is 4.42. The van der Waals surface area contributed by atoms with Gasteiger partial charge in [0.25, 0.3) is 5.69 Å². The van der Waals surface area contributed by atoms with Gasteiger partial charge in [-0.25, -0.2) is 0 Å². The zero-order valence-electron chi connectivity index (χ0n) is 9.46. The second-order valence-corrected chi connectivity index (χ2v) is 5.09. The molecule has 0 unspecified atom stereocenters. The van der Waals surface area contributed by atoms with Crippen LogP contribution in [0.5, 0.6) is 5.75 Å². The SMILES string of the molecule is O=[N+]([O-])c1ccc2c(c1)OCC1(CS2)OCCO1. The summed E-state index contributed by atoms with van der Waals surface area (Å²) in [6, 6.07) is 4.62. The highest BCUT2D eigenvalue weighted by atomic mass is 32.2. The number of thioether (sulfide) groups is 1. The van der Waals surface area contributed by atoms with Gasteiger partial charge in [0.15, 0.2) is 0 Å². The molecule has 0 radical (unpaired) electrons. The molecule has 2 heterocycles. The van der Waals surface area contributed by atoms with Crippen molar-refractivity contribution in [2.24, 2.45) is 0 Å². The number of fused-ring (bicyclic) bond motifs is 1. The molecule has 18 heavy (non-hydrogen) atoms. The van der Waals surface area contributed by atoms with Crippen molar-refractivity contribution in [2.45, 2.75) is 10.7 Å². The van der Waals surface area contributed by atoms with Gasteiger partial charge in [-0.3, -0.25) is 10.1 Å². The van der Waals surface area contributed by atoms with Crippen molar-refractivity contribution in [3.63, 3.8) is 0 Å². The van der Waals surface area contributed by atoms with Crippen LogP contribution >= 0.6 is 11.8 Å². The Bertz CT molecular complexity index is 486. The van der Waals surface area contributed by atoms with E-state index >= 15 is 0 Å². The van der Waals surface area contributed by atoms with Gasteiger partial charge in [-0.05, 0) is 6.07 Å². The second-order valence-electron chi connectivity index (χ2n) is 4.07. The molecule has 0 saturated carbocycles. The zero-order chi connectivity index (χ0) is 12.6. The molecule has 0 bridgehead atoms. The van der Waals surface area contributed by atoms with Crippen LogP contribution in [0.2, 0.25) is 0 Å². The van der Waals surface area contributed by atoms with Crippen molar-refractivity contribution in [3.8, 4) is 5.75 Å². The smallest absolute Gasteiger partial charge is 0.273 e. The third-order valence-electron chi connectivity index (χ3n) is 2.85. The first-order valence-electron chi connectivity index (χ1n) is 5.51. The van der Waals surface area contributed by atoms with Gasteiger partial charge < -0.3 is 14.2 Å². The van der Waals surface area contributed by atoms with Crippen LogP contribution < -0.4 is 4.74 Å². The van der Waals surface area contributed by atoms with Crippen molar-refractivity contribution >= 4 is 17.4 Å². The molecule has 1 aromatic rings. The van der Waals surface area contributed by atoms with E-state index in [-0.39, 0.29) is 12.3 Å². The number of non-ortho nitro benzene ring substituents is 1. The molecule has 3 rings (SSSR count). The summed E-state index contributed by atoms with van der Waals surface area (Å²) in [6.45, 7) is 1.37. The number of hydrogen-bond donors (Lipinski definition) is 0. The third kappa shape index (κ3) is 2.05. The summed E-state index contributed by atoms with van der Waals surface area (Å²) in [5, 5.41) is 10.7. The average molecular weight is 269 g/mol. The van der Waals surface area contributed by atoms with E-state index in [2.05, 4.69) is 0 Å². The van der Waals surface area contributed by atoms with Crippen LogP contribution in [0.1, 0.15) is 0 Å². The molecule has 2 aliphatic rings. The largest absolute Gasteiger partial charge is 0.486 e. The average Bonchev–Trinajstić information content (AvgIpc) is 2.75. The summed E-state index contributed by atoms with van der Waals surface area (Å²) in [5.74, 6) is 0.432. The van der Waals surface area contributed by atoms with Crippen LogP contribution in [0.15, 0.2) is 23.1 Å². The van der Waals surface area contributed by atoms with Crippen molar-refractivity contribution in [1.29, 1.82) is 0 Å². The van der Waals surface area contributed by atoms with Crippen molar-refractivity contribution in [3.05, 3.63) is 28.3 Å². The molecule has 96 valence electrons. The number of hydrogen-bond acceptors (Lipinski definition) is 6. The maximum absolute atomic E-state index is 10.7. The molecule has 0 amide bonds. The van der Waals surface area contributed by atoms with Crippen molar-refractivity contribution in [1.82, 2.24) is 0 Å². The van der Waals surface area contributed by atoms with Crippen molar-refractivity contribution in [2.75, 3.05) is 25.6 Å². The van der Waals surface area contributed by atoms with Crippen LogP contribution in [0.25, 0.3) is 0 Å². The summed E-state index contributed by atoms with van der Waals surface area (Å²) in [4.78, 5) is 11.2. The minimum atomic E-state index is -0.710. The quantitative estimate of drug-likeness (QED) is 0.572. The van der Waals surface area contributed by atoms with Gasteiger partial charge >= 0.3 is 0 Å². The van der Waals surface area contributed by atoms with Gasteiger partial charge in [0, 0.05) is 6.07 Å². The van der Waals surface area contributed by atoms with E-state index in [9.17, 15) is 10.1 Å². The molecule has 2 aliphatic heterocycles. The van der Waals surface area contributed by atoms with Crippen LogP contribution in [-0.4, -0.2) is 36.3 Å². The van der Waals surface area contributed by atoms with E-state index in [1.807, 2.05) is 0 Å². The summed E-state index contributed by atoms with van der Waals surface area (Å²) in [5.41, 5.74) is 0.0264. The number of rotatable bonds is 1. The standard InChI is InChI=1S/C11H11NO5S/c13-12(14)8-1-2-10-9(5-8)15-6-11(7-18-10)16-3-4-17-11/h1-2,5H,3-4,6-7H2. The van der Waals surface area contributed by atoms with Gasteiger partial charge in [-0.15, -0.1) is 11.8 Å². The highest BCUT2D eigenvalue weighted by molar-refractivity contribution is 7.99. The first-order valence-corrected chi connectivity index (χ1v) is 6.49. The molecule has 0 aromatic heterocycles. The fraction of sp³-hybridized carbons (Fsp3) is 0.455. The maximum Gasteiger partial charge on any atom is 0.273 e. The Kier molecular flexibility index (Phi) is 2.89. The highest BCUT2D eigenvalue weighted by Gasteiger charge is 2.40. The van der Waals surface area contributed by atoms with Crippen LogP contribution in [0.3, 0.4) is 0 Å². The highest BCUT2D eigenvalue weighted by Crippen LogP contribution is 2.39. The van der Waals surface area contributed by atoms with E-state index in [4.69, 9.17) is 14.2 Å².